The number of carboxylic acid groups (broad SMARTS) is 1. The van der Waals surface area contributed by atoms with Gasteiger partial charge in [0, 0.05) is 17.3 Å². The summed E-state index contributed by atoms with van der Waals surface area (Å²) in [6, 6.07) is 7.36. The molecule has 1 aromatic heterocycles. The molecule has 7 heteroatoms. The summed E-state index contributed by atoms with van der Waals surface area (Å²) in [4.78, 5) is 28.4. The van der Waals surface area contributed by atoms with Crippen molar-refractivity contribution in [3.8, 4) is 0 Å². The highest BCUT2D eigenvalue weighted by atomic mass is 32.1. The monoisotopic (exact) mass is 305 g/mol. The SMILES string of the molecule is Cc1ccc(N(CC(=O)O)CC(=O)Nc2nccs2)cc1. The van der Waals surface area contributed by atoms with Crippen molar-refractivity contribution in [3.05, 3.63) is 41.4 Å². The summed E-state index contributed by atoms with van der Waals surface area (Å²) < 4.78 is 0. The van der Waals surface area contributed by atoms with E-state index in [2.05, 4.69) is 10.3 Å². The zero-order valence-electron chi connectivity index (χ0n) is 11.4. The van der Waals surface area contributed by atoms with E-state index >= 15 is 0 Å². The molecular formula is C14H15N3O3S. The molecule has 0 atom stereocenters. The minimum atomic E-state index is -0.988. The number of nitrogens with one attached hydrogen (secondary N) is 1. The van der Waals surface area contributed by atoms with Gasteiger partial charge in [-0.2, -0.15) is 0 Å². The van der Waals surface area contributed by atoms with Gasteiger partial charge in [-0.15, -0.1) is 11.3 Å². The Labute approximate surface area is 126 Å². The number of carbonyl (C=O) groups excluding carboxylic acids is 1. The molecule has 0 aliphatic heterocycles. The van der Waals surface area contributed by atoms with Crippen LogP contribution in [-0.2, 0) is 9.59 Å². The van der Waals surface area contributed by atoms with Crippen LogP contribution in [-0.4, -0.2) is 35.1 Å². The van der Waals surface area contributed by atoms with Crippen molar-refractivity contribution < 1.29 is 14.7 Å². The minimum absolute atomic E-state index is 0.0467. The molecule has 21 heavy (non-hydrogen) atoms. The van der Waals surface area contributed by atoms with E-state index in [1.165, 1.54) is 16.2 Å². The van der Waals surface area contributed by atoms with Crippen LogP contribution in [0.3, 0.4) is 0 Å². The number of nitrogens with zero attached hydrogens (tertiary/aromatic N) is 2. The van der Waals surface area contributed by atoms with Gasteiger partial charge >= 0.3 is 5.97 Å². The average Bonchev–Trinajstić information content (AvgIpc) is 2.91. The number of rotatable bonds is 6. The Kier molecular flexibility index (Phi) is 4.89. The van der Waals surface area contributed by atoms with Crippen LogP contribution < -0.4 is 10.2 Å². The molecule has 0 spiro atoms. The lowest BCUT2D eigenvalue weighted by molar-refractivity contribution is -0.135. The molecule has 0 saturated heterocycles. The number of hydrogen-bond donors (Lipinski definition) is 2. The van der Waals surface area contributed by atoms with Crippen LogP contribution in [0.4, 0.5) is 10.8 Å². The van der Waals surface area contributed by atoms with E-state index in [0.29, 0.717) is 10.8 Å². The number of hydrogen-bond acceptors (Lipinski definition) is 5. The van der Waals surface area contributed by atoms with Gasteiger partial charge in [-0.1, -0.05) is 17.7 Å². The molecule has 0 fully saturated rings. The molecule has 2 N–H and O–H groups in total. The number of amides is 1. The number of carboxylic acids is 1. The maximum Gasteiger partial charge on any atom is 0.323 e. The largest absolute Gasteiger partial charge is 0.480 e. The predicted molar refractivity (Wildman–Crippen MR) is 81.8 cm³/mol. The lowest BCUT2D eigenvalue weighted by atomic mass is 10.2. The third-order valence-electron chi connectivity index (χ3n) is 2.74. The van der Waals surface area contributed by atoms with E-state index in [0.717, 1.165) is 5.56 Å². The Balaban J connectivity index is 2.07. The number of benzene rings is 1. The average molecular weight is 305 g/mol. The molecule has 1 heterocycles. The Bertz CT molecular complexity index is 611. The molecular weight excluding hydrogens is 290 g/mol. The number of aryl methyl sites for hydroxylation is 1. The van der Waals surface area contributed by atoms with Crippen molar-refractivity contribution in [2.45, 2.75) is 6.92 Å². The molecule has 0 unspecified atom stereocenters. The van der Waals surface area contributed by atoms with E-state index < -0.39 is 5.97 Å². The Morgan fingerprint density at radius 2 is 2.00 bits per heavy atom. The van der Waals surface area contributed by atoms with Crippen LogP contribution in [0.5, 0.6) is 0 Å². The number of anilines is 2. The summed E-state index contributed by atoms with van der Waals surface area (Å²) >= 11 is 1.31. The first kappa shape index (κ1) is 15.0. The van der Waals surface area contributed by atoms with Gasteiger partial charge in [0.2, 0.25) is 5.91 Å². The van der Waals surface area contributed by atoms with Gasteiger partial charge in [-0.25, -0.2) is 4.98 Å². The Morgan fingerprint density at radius 1 is 1.29 bits per heavy atom. The summed E-state index contributed by atoms with van der Waals surface area (Å²) in [7, 11) is 0. The number of carbonyl (C=O) groups is 2. The van der Waals surface area contributed by atoms with Gasteiger partial charge in [0.05, 0.1) is 6.54 Å². The van der Waals surface area contributed by atoms with Crippen molar-refractivity contribution in [2.75, 3.05) is 23.3 Å². The molecule has 0 bridgehead atoms. The van der Waals surface area contributed by atoms with Gasteiger partial charge in [0.15, 0.2) is 5.13 Å². The summed E-state index contributed by atoms with van der Waals surface area (Å²) in [5, 5.41) is 13.9. The summed E-state index contributed by atoms with van der Waals surface area (Å²) in [6.07, 6.45) is 1.59. The fourth-order valence-electron chi connectivity index (χ4n) is 1.77. The molecule has 110 valence electrons. The van der Waals surface area contributed by atoms with Crippen LogP contribution in [0.2, 0.25) is 0 Å². The lowest BCUT2D eigenvalue weighted by Gasteiger charge is -2.22. The van der Waals surface area contributed by atoms with Crippen molar-refractivity contribution in [1.82, 2.24) is 4.98 Å². The maximum absolute atomic E-state index is 12.0. The van der Waals surface area contributed by atoms with E-state index in [9.17, 15) is 9.59 Å². The quantitative estimate of drug-likeness (QED) is 0.852. The third kappa shape index (κ3) is 4.57. The first-order chi connectivity index (χ1) is 10.0. The zero-order valence-corrected chi connectivity index (χ0v) is 12.3. The van der Waals surface area contributed by atoms with E-state index in [4.69, 9.17) is 5.11 Å². The van der Waals surface area contributed by atoms with Gasteiger partial charge in [-0.3, -0.25) is 9.59 Å². The molecule has 0 aliphatic rings. The Morgan fingerprint density at radius 3 is 2.57 bits per heavy atom. The first-order valence-electron chi connectivity index (χ1n) is 6.27. The van der Waals surface area contributed by atoms with Gasteiger partial charge in [0.25, 0.3) is 0 Å². The van der Waals surface area contributed by atoms with E-state index in [1.807, 2.05) is 19.1 Å². The van der Waals surface area contributed by atoms with Gasteiger partial charge in [-0.05, 0) is 19.1 Å². The normalized spacial score (nSPS) is 10.1. The number of aromatic nitrogens is 1. The summed E-state index contributed by atoms with van der Waals surface area (Å²) in [5.41, 5.74) is 1.76. The van der Waals surface area contributed by atoms with Crippen LogP contribution in [0, 0.1) is 6.92 Å². The fourth-order valence-corrected chi connectivity index (χ4v) is 2.32. The zero-order chi connectivity index (χ0) is 15.2. The van der Waals surface area contributed by atoms with Crippen molar-refractivity contribution in [1.29, 1.82) is 0 Å². The second kappa shape index (κ2) is 6.85. The molecule has 2 rings (SSSR count). The number of thiazole rings is 1. The van der Waals surface area contributed by atoms with E-state index in [1.54, 1.807) is 23.7 Å². The van der Waals surface area contributed by atoms with Crippen LogP contribution in [0.25, 0.3) is 0 Å². The molecule has 1 aromatic carbocycles. The van der Waals surface area contributed by atoms with Crippen molar-refractivity contribution in [3.63, 3.8) is 0 Å². The van der Waals surface area contributed by atoms with Gasteiger partial charge in [0.1, 0.15) is 6.54 Å². The smallest absolute Gasteiger partial charge is 0.323 e. The molecule has 2 aromatic rings. The van der Waals surface area contributed by atoms with Crippen molar-refractivity contribution >= 4 is 34.0 Å². The molecule has 0 saturated carbocycles. The highest BCUT2D eigenvalue weighted by Crippen LogP contribution is 2.16. The lowest BCUT2D eigenvalue weighted by Crippen LogP contribution is -2.37. The molecule has 1 amide bonds. The van der Waals surface area contributed by atoms with Crippen LogP contribution in [0.1, 0.15) is 5.56 Å². The molecule has 6 nitrogen and oxygen atoms in total. The molecule has 0 aliphatic carbocycles. The molecule has 0 radical (unpaired) electrons. The summed E-state index contributed by atoms with van der Waals surface area (Å²) in [6.45, 7) is 1.66. The highest BCUT2D eigenvalue weighted by Gasteiger charge is 2.15. The van der Waals surface area contributed by atoms with Crippen molar-refractivity contribution in [2.24, 2.45) is 0 Å². The summed E-state index contributed by atoms with van der Waals surface area (Å²) in [5.74, 6) is -1.29. The second-order valence-corrected chi connectivity index (χ2v) is 5.37. The predicted octanol–water partition coefficient (Wildman–Crippen LogP) is 1.98. The van der Waals surface area contributed by atoms with E-state index in [-0.39, 0.29) is 19.0 Å². The standard InChI is InChI=1S/C14H15N3O3S/c1-10-2-4-11(5-3-10)17(9-13(19)20)8-12(18)16-14-15-6-7-21-14/h2-7H,8-9H2,1H3,(H,19,20)(H,15,16,18). The van der Waals surface area contributed by atoms with Crippen LogP contribution in [0.15, 0.2) is 35.8 Å². The first-order valence-corrected chi connectivity index (χ1v) is 7.15. The Hall–Kier alpha value is -2.41. The highest BCUT2D eigenvalue weighted by molar-refractivity contribution is 7.13. The van der Waals surface area contributed by atoms with Crippen LogP contribution >= 0.6 is 11.3 Å². The third-order valence-corrected chi connectivity index (χ3v) is 3.43. The topological polar surface area (TPSA) is 82.5 Å². The fraction of sp³-hybridized carbons (Fsp3) is 0.214. The second-order valence-electron chi connectivity index (χ2n) is 4.47. The van der Waals surface area contributed by atoms with Gasteiger partial charge < -0.3 is 15.3 Å². The number of aliphatic carboxylic acids is 1. The minimum Gasteiger partial charge on any atom is -0.480 e. The maximum atomic E-state index is 12.0.